The second-order valence-electron chi connectivity index (χ2n) is 3.62. The Balaban J connectivity index is 2.49. The maximum atomic E-state index is 7.82. The van der Waals surface area contributed by atoms with Gasteiger partial charge < -0.3 is 0 Å². The van der Waals surface area contributed by atoms with Gasteiger partial charge in [-0.05, 0) is 23.7 Å². The summed E-state index contributed by atoms with van der Waals surface area (Å²) in [6, 6.07) is 0. The molecule has 0 amide bonds. The van der Waals surface area contributed by atoms with E-state index in [4.69, 9.17) is 6.85 Å². The quantitative estimate of drug-likeness (QED) is 0.480. The highest BCUT2D eigenvalue weighted by atomic mass is 28.3. The van der Waals surface area contributed by atoms with Crippen molar-refractivity contribution in [1.82, 2.24) is 0 Å². The lowest BCUT2D eigenvalue weighted by Gasteiger charge is -2.19. The molecule has 2 aliphatic carbocycles. The van der Waals surface area contributed by atoms with Crippen LogP contribution in [0.1, 0.15) is 19.6 Å². The first-order valence-electron chi connectivity index (χ1n) is 5.50. The van der Waals surface area contributed by atoms with Crippen molar-refractivity contribution in [2.24, 2.45) is 5.89 Å². The average molecular weight is 131 g/mol. The highest BCUT2D eigenvalue weighted by Crippen LogP contribution is 2.86. The molecule has 2 rings (SSSR count). The van der Waals surface area contributed by atoms with Gasteiger partial charge in [-0.15, -0.1) is 0 Å². The predicted octanol–water partition coefficient (Wildman–Crippen LogP) is 2.49. The van der Waals surface area contributed by atoms with Gasteiger partial charge in [-0.2, -0.15) is 0 Å². The first-order valence-corrected chi connectivity index (χ1v) is 6.50. The lowest BCUT2D eigenvalue weighted by Crippen LogP contribution is -2.23. The van der Waals surface area contributed by atoms with E-state index in [1.807, 2.05) is 19.6 Å². The minimum Gasteiger partial charge on any atom is -0.0691 e. The fourth-order valence-electron chi connectivity index (χ4n) is 1.06. The minimum atomic E-state index is -1.95. The monoisotopic (exact) mass is 131 g/mol. The molecule has 0 N–H and O–H groups in total. The van der Waals surface area contributed by atoms with Gasteiger partial charge in [-0.25, -0.2) is 0 Å². The summed E-state index contributed by atoms with van der Waals surface area (Å²) in [4.78, 5) is 0. The summed E-state index contributed by atoms with van der Waals surface area (Å²) in [5.74, 6) is -1.43. The van der Waals surface area contributed by atoms with E-state index in [-0.39, 0.29) is 0 Å². The number of fused-ring (bicyclic) bond motifs is 1. The molecule has 0 aliphatic heterocycles. The first kappa shape index (κ1) is 2.12. The Hall–Kier alpha value is 0.217. The van der Waals surface area contributed by atoms with Crippen LogP contribution in [0, 0.1) is 5.89 Å². The number of rotatable bonds is 1. The van der Waals surface area contributed by atoms with Crippen LogP contribution in [-0.4, -0.2) is 8.07 Å². The fraction of sp³-hybridized carbons (Fsp3) is 1.00. The van der Waals surface area contributed by atoms with Crippen LogP contribution in [0.15, 0.2) is 0 Å². The lowest BCUT2D eigenvalue weighted by atomic mass is 10.4. The molecule has 46 valence electrons. The van der Waals surface area contributed by atoms with E-state index in [1.165, 1.54) is 0 Å². The SMILES string of the molecule is [2H]C1([2H])C2([2H])C([2H])([2H])C12[Si](C)(C)C. The zero-order valence-electron chi connectivity index (χ0n) is 10.5. The van der Waals surface area contributed by atoms with E-state index in [9.17, 15) is 0 Å². The Labute approximate surface area is 59.3 Å². The third-order valence-electron chi connectivity index (χ3n) is 2.00. The molecule has 0 nitrogen and oxygen atoms in total. The van der Waals surface area contributed by atoms with Crippen LogP contribution in [0.5, 0.6) is 0 Å². The zero-order chi connectivity index (χ0) is 10.5. The summed E-state index contributed by atoms with van der Waals surface area (Å²) < 4.78 is 38.4. The van der Waals surface area contributed by atoms with Gasteiger partial charge in [0, 0.05) is 6.85 Å². The van der Waals surface area contributed by atoms with E-state index in [0.717, 1.165) is 0 Å². The van der Waals surface area contributed by atoms with Gasteiger partial charge in [-0.3, -0.25) is 0 Å². The molecule has 0 heterocycles. The second kappa shape index (κ2) is 0.941. The molecule has 2 aliphatic rings. The molecular formula is C7H14Si. The molecule has 0 spiro atoms. The molecule has 8 heavy (non-hydrogen) atoms. The topological polar surface area (TPSA) is 0 Å². The van der Waals surface area contributed by atoms with Crippen molar-refractivity contribution < 1.29 is 6.85 Å². The van der Waals surface area contributed by atoms with Crippen LogP contribution in [0.25, 0.3) is 0 Å². The van der Waals surface area contributed by atoms with Gasteiger partial charge in [0.25, 0.3) is 0 Å². The second-order valence-corrected chi connectivity index (χ2v) is 8.88. The van der Waals surface area contributed by atoms with E-state index in [1.54, 1.807) is 0 Å². The summed E-state index contributed by atoms with van der Waals surface area (Å²) in [6.07, 6.45) is -3.18. The molecule has 0 atom stereocenters. The Bertz CT molecular complexity index is 256. The van der Waals surface area contributed by atoms with Gasteiger partial charge in [-0.1, -0.05) is 19.6 Å². The van der Waals surface area contributed by atoms with Crippen LogP contribution in [0.2, 0.25) is 24.7 Å². The predicted molar refractivity (Wildman–Crippen MR) is 38.8 cm³/mol. The van der Waals surface area contributed by atoms with Crippen molar-refractivity contribution in [1.29, 1.82) is 0 Å². The molecule has 0 aromatic rings. The first-order chi connectivity index (χ1) is 5.50. The van der Waals surface area contributed by atoms with Crippen molar-refractivity contribution in [2.75, 3.05) is 0 Å². The van der Waals surface area contributed by atoms with Crippen molar-refractivity contribution in [3.8, 4) is 0 Å². The van der Waals surface area contributed by atoms with Gasteiger partial charge in [0.05, 0.1) is 8.07 Å². The number of hydrogen-bond acceptors (Lipinski definition) is 0. The Morgan fingerprint density at radius 1 is 1.62 bits per heavy atom. The fourth-order valence-corrected chi connectivity index (χ4v) is 2.81. The van der Waals surface area contributed by atoms with Crippen molar-refractivity contribution in [3.63, 3.8) is 0 Å². The molecule has 0 saturated heterocycles. The molecule has 2 fully saturated rings. The Kier molecular flexibility index (Phi) is 0.249. The highest BCUT2D eigenvalue weighted by molar-refractivity contribution is 6.81. The van der Waals surface area contributed by atoms with Crippen molar-refractivity contribution in [2.45, 2.75) is 37.4 Å². The molecule has 0 aromatic carbocycles. The smallest absolute Gasteiger partial charge is 0.0509 e. The van der Waals surface area contributed by atoms with Gasteiger partial charge in [0.15, 0.2) is 0 Å². The standard InChI is InChI=1S/C7H14Si/c1-8(2,3)7-4-6(7)5-7/h6H,4-5H2,1-3H3/i4D2,5D2,6D. The van der Waals surface area contributed by atoms with Crippen LogP contribution < -0.4 is 0 Å². The maximum absolute atomic E-state index is 7.82. The van der Waals surface area contributed by atoms with Crippen molar-refractivity contribution >= 4 is 8.07 Å². The molecule has 0 radical (unpaired) electrons. The summed E-state index contributed by atoms with van der Waals surface area (Å²) in [6.45, 7) is 5.85. The van der Waals surface area contributed by atoms with Gasteiger partial charge in [0.1, 0.15) is 0 Å². The lowest BCUT2D eigenvalue weighted by molar-refractivity contribution is 0.904. The molecule has 0 unspecified atom stereocenters. The normalized spacial score (nSPS) is 81.6. The summed E-state index contributed by atoms with van der Waals surface area (Å²) >= 11 is 0. The Morgan fingerprint density at radius 3 is 2.12 bits per heavy atom. The largest absolute Gasteiger partial charge is 0.0691 e. The van der Waals surface area contributed by atoms with Crippen LogP contribution in [-0.2, 0) is 0 Å². The Morgan fingerprint density at radius 2 is 2.12 bits per heavy atom. The van der Waals surface area contributed by atoms with E-state index < -0.39 is 31.8 Å². The van der Waals surface area contributed by atoms with Gasteiger partial charge >= 0.3 is 0 Å². The molecule has 1 heteroatoms. The summed E-state index contributed by atoms with van der Waals surface area (Å²) in [5, 5.41) is -0.944. The van der Waals surface area contributed by atoms with Crippen LogP contribution in [0.3, 0.4) is 0 Å². The number of hydrogen-bond donors (Lipinski definition) is 0. The minimum absolute atomic E-state index is 0.944. The van der Waals surface area contributed by atoms with Gasteiger partial charge in [0.2, 0.25) is 0 Å². The zero-order valence-corrected chi connectivity index (χ0v) is 6.50. The third-order valence-corrected chi connectivity index (χ3v) is 4.75. The van der Waals surface area contributed by atoms with E-state index >= 15 is 0 Å². The molecule has 2 saturated carbocycles. The summed E-state index contributed by atoms with van der Waals surface area (Å²) in [5.41, 5.74) is 0. The third kappa shape index (κ3) is 0.376. The van der Waals surface area contributed by atoms with Crippen LogP contribution in [0.4, 0.5) is 0 Å². The van der Waals surface area contributed by atoms with Crippen LogP contribution >= 0.6 is 0 Å². The molecule has 0 aromatic heterocycles. The average Bonchev–Trinajstić information content (AvgIpc) is 2.41. The maximum Gasteiger partial charge on any atom is 0.0509 e. The summed E-state index contributed by atoms with van der Waals surface area (Å²) in [7, 11) is -1.95. The molecule has 0 bridgehead atoms. The van der Waals surface area contributed by atoms with E-state index in [0.29, 0.717) is 0 Å². The van der Waals surface area contributed by atoms with E-state index in [2.05, 4.69) is 0 Å². The molecular weight excluding hydrogens is 112 g/mol. The highest BCUT2D eigenvalue weighted by Gasteiger charge is 2.74. The van der Waals surface area contributed by atoms with Crippen molar-refractivity contribution in [3.05, 3.63) is 0 Å².